The highest BCUT2D eigenvalue weighted by atomic mass is 16.6. The molecule has 0 aliphatic heterocycles. The fourth-order valence-electron chi connectivity index (χ4n) is 10.0. The molecule has 0 aromatic heterocycles. The van der Waals surface area contributed by atoms with Gasteiger partial charge in [0.15, 0.2) is 6.10 Å². The van der Waals surface area contributed by atoms with E-state index in [1.54, 1.807) is 0 Å². The first-order valence-electron chi connectivity index (χ1n) is 33.5. The van der Waals surface area contributed by atoms with Gasteiger partial charge in [-0.3, -0.25) is 14.4 Å². The standard InChI is InChI=1S/C69H128O6/c1-4-7-10-13-16-19-22-25-28-31-34-37-40-43-46-49-52-55-58-61-67(70)73-64-66(75-69(72)63-60-57-54-51-48-45-42-39-36-33-30-27-24-21-18-15-12-9-6-3)65-74-68(71)62-59-56-53-50-47-44-41-38-35-32-29-26-23-20-17-14-11-8-5-2/h25-30,66H,4-24,31-65H2,1-3H3/b28-25-,29-26-,30-27-. The third-order valence-electron chi connectivity index (χ3n) is 15.1. The summed E-state index contributed by atoms with van der Waals surface area (Å²) in [4.78, 5) is 38.4. The number of carbonyl (C=O) groups is 3. The van der Waals surface area contributed by atoms with Crippen LogP contribution in [0.5, 0.6) is 0 Å². The molecule has 0 amide bonds. The van der Waals surface area contributed by atoms with Gasteiger partial charge in [-0.25, -0.2) is 0 Å². The summed E-state index contributed by atoms with van der Waals surface area (Å²) < 4.78 is 17.0. The molecule has 0 saturated heterocycles. The minimum atomic E-state index is -0.775. The Labute approximate surface area is 467 Å². The van der Waals surface area contributed by atoms with E-state index in [9.17, 15) is 14.4 Å². The number of hydrogen-bond donors (Lipinski definition) is 0. The molecule has 0 atom stereocenters. The minimum absolute atomic E-state index is 0.0712. The number of esters is 3. The van der Waals surface area contributed by atoms with E-state index >= 15 is 0 Å². The van der Waals surface area contributed by atoms with Gasteiger partial charge in [-0.1, -0.05) is 288 Å². The van der Waals surface area contributed by atoms with Crippen LogP contribution in [0.4, 0.5) is 0 Å². The van der Waals surface area contributed by atoms with Crippen molar-refractivity contribution in [2.24, 2.45) is 0 Å². The monoisotopic (exact) mass is 1050 g/mol. The van der Waals surface area contributed by atoms with Gasteiger partial charge < -0.3 is 14.2 Å². The number of unbranched alkanes of at least 4 members (excludes halogenated alkanes) is 45. The first-order valence-corrected chi connectivity index (χ1v) is 33.5. The van der Waals surface area contributed by atoms with Crippen LogP contribution in [0.2, 0.25) is 0 Å². The molecule has 0 aromatic rings. The van der Waals surface area contributed by atoms with E-state index in [-0.39, 0.29) is 31.1 Å². The first-order chi connectivity index (χ1) is 37.0. The fraction of sp³-hybridized carbons (Fsp3) is 0.870. The molecule has 0 aliphatic carbocycles. The number of allylic oxidation sites excluding steroid dienone is 6. The Morgan fingerprint density at radius 1 is 0.253 bits per heavy atom. The van der Waals surface area contributed by atoms with E-state index in [0.29, 0.717) is 19.3 Å². The minimum Gasteiger partial charge on any atom is -0.462 e. The smallest absolute Gasteiger partial charge is 0.306 e. The Hall–Kier alpha value is -2.37. The molecule has 0 radical (unpaired) electrons. The lowest BCUT2D eigenvalue weighted by molar-refractivity contribution is -0.167. The van der Waals surface area contributed by atoms with Gasteiger partial charge in [-0.05, 0) is 96.3 Å². The van der Waals surface area contributed by atoms with Crippen molar-refractivity contribution in [2.45, 2.75) is 374 Å². The van der Waals surface area contributed by atoms with Crippen LogP contribution in [-0.4, -0.2) is 37.2 Å². The highest BCUT2D eigenvalue weighted by Crippen LogP contribution is 2.17. The SMILES string of the molecule is CCCCCCCC/C=C\CCCCCCCCCCCC(=O)OCC(COC(=O)CCCCCCCCCCC/C=C\CCCCCCCC)OC(=O)CCCCCCCCCCC/C=C\CCCCCCCC. The Morgan fingerprint density at radius 2 is 0.440 bits per heavy atom. The third kappa shape index (κ3) is 62.4. The molecule has 6 heteroatoms. The van der Waals surface area contributed by atoms with Crippen LogP contribution < -0.4 is 0 Å². The lowest BCUT2D eigenvalue weighted by Crippen LogP contribution is -2.30. The van der Waals surface area contributed by atoms with Gasteiger partial charge in [0.2, 0.25) is 0 Å². The van der Waals surface area contributed by atoms with Crippen LogP contribution in [0, 0.1) is 0 Å². The molecule has 0 fully saturated rings. The van der Waals surface area contributed by atoms with E-state index < -0.39 is 6.10 Å². The van der Waals surface area contributed by atoms with Crippen molar-refractivity contribution >= 4 is 17.9 Å². The van der Waals surface area contributed by atoms with Crippen LogP contribution in [0.15, 0.2) is 36.5 Å². The van der Waals surface area contributed by atoms with Crippen molar-refractivity contribution < 1.29 is 28.6 Å². The molecule has 75 heavy (non-hydrogen) atoms. The van der Waals surface area contributed by atoms with Crippen LogP contribution in [0.1, 0.15) is 367 Å². The van der Waals surface area contributed by atoms with E-state index in [1.165, 1.54) is 270 Å². The van der Waals surface area contributed by atoms with Crippen molar-refractivity contribution in [3.63, 3.8) is 0 Å². The molecular weight excluding hydrogens is 925 g/mol. The zero-order valence-electron chi connectivity index (χ0n) is 50.6. The Kier molecular flexibility index (Phi) is 62.1. The van der Waals surface area contributed by atoms with Gasteiger partial charge in [-0.2, -0.15) is 0 Å². The third-order valence-corrected chi connectivity index (χ3v) is 15.1. The Bertz CT molecular complexity index is 1190. The predicted octanol–water partition coefficient (Wildman–Crippen LogP) is 22.8. The summed E-state index contributed by atoms with van der Waals surface area (Å²) in [6.07, 6.45) is 78.6. The maximum Gasteiger partial charge on any atom is 0.306 e. The van der Waals surface area contributed by atoms with E-state index in [0.717, 1.165) is 57.8 Å². The maximum atomic E-state index is 12.9. The topological polar surface area (TPSA) is 78.9 Å². The molecule has 0 rings (SSSR count). The number of carbonyl (C=O) groups excluding carboxylic acids is 3. The molecule has 0 heterocycles. The molecule has 0 unspecified atom stereocenters. The normalized spacial score (nSPS) is 11.8. The second-order valence-corrected chi connectivity index (χ2v) is 22.7. The van der Waals surface area contributed by atoms with Crippen molar-refractivity contribution in [3.8, 4) is 0 Å². The molecule has 0 spiro atoms. The van der Waals surface area contributed by atoms with E-state index in [1.807, 2.05) is 0 Å². The summed E-state index contributed by atoms with van der Waals surface area (Å²) in [7, 11) is 0. The molecular formula is C69H128O6. The average molecular weight is 1050 g/mol. The molecule has 0 aliphatic rings. The lowest BCUT2D eigenvalue weighted by Gasteiger charge is -2.18. The van der Waals surface area contributed by atoms with Gasteiger partial charge in [0.25, 0.3) is 0 Å². The zero-order valence-corrected chi connectivity index (χ0v) is 50.6. The molecule has 0 aromatic carbocycles. The summed E-state index contributed by atoms with van der Waals surface area (Å²) in [6.45, 7) is 6.69. The number of hydrogen-bond acceptors (Lipinski definition) is 6. The molecule has 0 saturated carbocycles. The number of rotatable bonds is 62. The summed E-state index contributed by atoms with van der Waals surface area (Å²) in [5.74, 6) is -0.852. The molecule has 440 valence electrons. The molecule has 0 bridgehead atoms. The second kappa shape index (κ2) is 64.2. The van der Waals surface area contributed by atoms with Crippen LogP contribution >= 0.6 is 0 Å². The largest absolute Gasteiger partial charge is 0.462 e. The van der Waals surface area contributed by atoms with Crippen LogP contribution in [0.25, 0.3) is 0 Å². The van der Waals surface area contributed by atoms with Crippen LogP contribution in [0.3, 0.4) is 0 Å². The summed E-state index contributed by atoms with van der Waals surface area (Å²) in [5, 5.41) is 0. The van der Waals surface area contributed by atoms with Crippen molar-refractivity contribution in [1.29, 1.82) is 0 Å². The Balaban J connectivity index is 4.34. The van der Waals surface area contributed by atoms with Crippen molar-refractivity contribution in [3.05, 3.63) is 36.5 Å². The second-order valence-electron chi connectivity index (χ2n) is 22.7. The van der Waals surface area contributed by atoms with E-state index in [2.05, 4.69) is 57.2 Å². The molecule has 0 N–H and O–H groups in total. The van der Waals surface area contributed by atoms with Crippen molar-refractivity contribution in [1.82, 2.24) is 0 Å². The maximum absolute atomic E-state index is 12.9. The van der Waals surface area contributed by atoms with Gasteiger partial charge in [-0.15, -0.1) is 0 Å². The highest BCUT2D eigenvalue weighted by molar-refractivity contribution is 5.71. The zero-order chi connectivity index (χ0) is 54.3. The summed E-state index contributed by atoms with van der Waals surface area (Å²) in [5.41, 5.74) is 0. The highest BCUT2D eigenvalue weighted by Gasteiger charge is 2.19. The van der Waals surface area contributed by atoms with Crippen molar-refractivity contribution in [2.75, 3.05) is 13.2 Å². The van der Waals surface area contributed by atoms with E-state index in [4.69, 9.17) is 14.2 Å². The fourth-order valence-corrected chi connectivity index (χ4v) is 10.0. The summed E-state index contributed by atoms with van der Waals surface area (Å²) in [6, 6.07) is 0. The lowest BCUT2D eigenvalue weighted by atomic mass is 10.1. The van der Waals surface area contributed by atoms with Gasteiger partial charge in [0.1, 0.15) is 13.2 Å². The number of ether oxygens (including phenoxy) is 3. The predicted molar refractivity (Wildman–Crippen MR) is 326 cm³/mol. The molecule has 6 nitrogen and oxygen atoms in total. The van der Waals surface area contributed by atoms with Gasteiger partial charge >= 0.3 is 17.9 Å². The van der Waals surface area contributed by atoms with Gasteiger partial charge in [0.05, 0.1) is 0 Å². The summed E-state index contributed by atoms with van der Waals surface area (Å²) >= 11 is 0. The average Bonchev–Trinajstić information content (AvgIpc) is 3.41. The van der Waals surface area contributed by atoms with Gasteiger partial charge in [0, 0.05) is 19.3 Å². The van der Waals surface area contributed by atoms with Crippen LogP contribution in [-0.2, 0) is 28.6 Å². The first kappa shape index (κ1) is 72.6. The Morgan fingerprint density at radius 3 is 0.667 bits per heavy atom. The quantitative estimate of drug-likeness (QED) is 0.0261.